The van der Waals surface area contributed by atoms with E-state index < -0.39 is 37.2 Å². The first-order valence-electron chi connectivity index (χ1n) is 7.74. The van der Waals surface area contributed by atoms with E-state index in [0.29, 0.717) is 6.07 Å². The number of nitro benzene ring substituents is 2. The Morgan fingerprint density at radius 3 is 2.18 bits per heavy atom. The molecule has 0 spiro atoms. The van der Waals surface area contributed by atoms with Gasteiger partial charge in [-0.3, -0.25) is 25.1 Å². The van der Waals surface area contributed by atoms with Gasteiger partial charge in [-0.25, -0.2) is 0 Å². The number of rotatable bonds is 7. The lowest BCUT2D eigenvalue weighted by Gasteiger charge is -2.32. The van der Waals surface area contributed by atoms with Crippen molar-refractivity contribution in [1.29, 1.82) is 0 Å². The van der Waals surface area contributed by atoms with Gasteiger partial charge in [0, 0.05) is 33.3 Å². The maximum atomic E-state index is 12.0. The number of hydrogen-bond acceptors (Lipinski definition) is 9. The molecule has 1 saturated heterocycles. The zero-order valence-electron chi connectivity index (χ0n) is 14.9. The highest BCUT2D eigenvalue weighted by molar-refractivity contribution is 7.86. The first kappa shape index (κ1) is 21.2. The van der Waals surface area contributed by atoms with Crippen molar-refractivity contribution < 1.29 is 28.1 Å². The van der Waals surface area contributed by atoms with Crippen molar-refractivity contribution in [3.05, 3.63) is 43.6 Å². The maximum absolute atomic E-state index is 12.0. The van der Waals surface area contributed by atoms with Gasteiger partial charge in [0.15, 0.2) is 0 Å². The molecule has 0 atom stereocenters. The number of nitro groups is 2. The largest absolute Gasteiger partial charge is 0.569 e. The number of piperazine rings is 1. The molecular weight excluding hydrogens is 402 g/mol. The second-order valence-electron chi connectivity index (χ2n) is 5.73. The first-order chi connectivity index (χ1) is 13.0. The van der Waals surface area contributed by atoms with Crippen LogP contribution in [0.4, 0.5) is 11.4 Å². The van der Waals surface area contributed by atoms with Crippen LogP contribution in [0.3, 0.4) is 0 Å². The Labute approximate surface area is 159 Å². The maximum Gasteiger partial charge on any atom is 0.321 e. The van der Waals surface area contributed by atoms with Crippen molar-refractivity contribution >= 4 is 21.6 Å². The van der Waals surface area contributed by atoms with Crippen LogP contribution >= 0.6 is 0 Å². The minimum Gasteiger partial charge on any atom is -0.569 e. The fourth-order valence-corrected chi connectivity index (χ4v) is 3.37. The summed E-state index contributed by atoms with van der Waals surface area (Å²) in [6.07, 6.45) is 0. The Morgan fingerprint density at radius 1 is 1.07 bits per heavy atom. The predicted molar refractivity (Wildman–Crippen MR) is 92.2 cm³/mol. The highest BCUT2D eigenvalue weighted by Gasteiger charge is 2.31. The highest BCUT2D eigenvalue weighted by Crippen LogP contribution is 2.31. The lowest BCUT2D eigenvalue weighted by Crippen LogP contribution is -2.53. The molecule has 1 heterocycles. The molecule has 1 aliphatic heterocycles. The van der Waals surface area contributed by atoms with Crippen molar-refractivity contribution in [1.82, 2.24) is 13.6 Å². The normalized spacial score (nSPS) is 16.2. The summed E-state index contributed by atoms with van der Waals surface area (Å²) in [5, 5.41) is 38.1. The van der Waals surface area contributed by atoms with Crippen LogP contribution in [-0.4, -0.2) is 77.1 Å². The second-order valence-corrected chi connectivity index (χ2v) is 7.88. The Balaban J connectivity index is 2.08. The Kier molecular flexibility index (Phi) is 6.26. The van der Waals surface area contributed by atoms with E-state index >= 15 is 0 Å². The minimum absolute atomic E-state index is 0.0196. The summed E-state index contributed by atoms with van der Waals surface area (Å²) in [6, 6.07) is 2.61. The summed E-state index contributed by atoms with van der Waals surface area (Å²) in [4.78, 5) is 24.8. The summed E-state index contributed by atoms with van der Waals surface area (Å²) in [5.41, 5.74) is -1.25. The van der Waals surface area contributed by atoms with E-state index in [2.05, 4.69) is 5.28 Å². The van der Waals surface area contributed by atoms with Crippen LogP contribution in [-0.2, 0) is 10.2 Å². The van der Waals surface area contributed by atoms with E-state index in [1.807, 2.05) is 0 Å². The average molecular weight is 419 g/mol. The molecule has 0 aromatic heterocycles. The van der Waals surface area contributed by atoms with Gasteiger partial charge >= 0.3 is 5.69 Å². The lowest BCUT2D eigenvalue weighted by molar-refractivity contribution is -0.708. The van der Waals surface area contributed by atoms with Crippen molar-refractivity contribution in [2.24, 2.45) is 5.28 Å². The van der Waals surface area contributed by atoms with Crippen LogP contribution in [0.15, 0.2) is 23.5 Å². The molecule has 1 aliphatic rings. The summed E-state index contributed by atoms with van der Waals surface area (Å²) >= 11 is 0. The molecule has 0 N–H and O–H groups in total. The molecule has 0 radical (unpaired) electrons. The molecule has 15 nitrogen and oxygen atoms in total. The van der Waals surface area contributed by atoms with Gasteiger partial charge in [0.25, 0.3) is 15.9 Å². The third-order valence-electron chi connectivity index (χ3n) is 3.80. The van der Waals surface area contributed by atoms with Gasteiger partial charge in [-0.1, -0.05) is 0 Å². The van der Waals surface area contributed by atoms with Gasteiger partial charge in [0.05, 0.1) is 34.0 Å². The SMILES string of the molecule is CN(C)S(=O)(=O)N1CCN(/[N+]([O-])=N/Oc2ccc([N+](=O)[O-])cc2[N+](=O)[O-])CC1. The molecule has 2 rings (SSSR count). The van der Waals surface area contributed by atoms with E-state index in [-0.39, 0.29) is 31.1 Å². The van der Waals surface area contributed by atoms with Crippen molar-refractivity contribution in [3.63, 3.8) is 0 Å². The molecule has 154 valence electrons. The van der Waals surface area contributed by atoms with E-state index in [1.54, 1.807) is 0 Å². The monoisotopic (exact) mass is 419 g/mol. The standard InChI is InChI=1S/C12H17N7O8S/c1-14(2)28(25,26)16-7-5-15(6-8-16)19(24)13-27-12-4-3-10(17(20)21)9-11(12)18(22)23/h3-4,9H,5-8H2,1-2H3/b19-13-. The number of non-ortho nitro benzene ring substituents is 1. The Morgan fingerprint density at radius 2 is 1.68 bits per heavy atom. The van der Waals surface area contributed by atoms with Gasteiger partial charge in [-0.2, -0.15) is 17.0 Å². The van der Waals surface area contributed by atoms with Gasteiger partial charge < -0.3 is 5.21 Å². The summed E-state index contributed by atoms with van der Waals surface area (Å²) in [6.45, 7) is 0.108. The van der Waals surface area contributed by atoms with Crippen LogP contribution in [0.5, 0.6) is 5.75 Å². The third kappa shape index (κ3) is 4.59. The third-order valence-corrected chi connectivity index (χ3v) is 5.74. The van der Waals surface area contributed by atoms with E-state index in [4.69, 9.17) is 4.84 Å². The van der Waals surface area contributed by atoms with Crippen LogP contribution in [0.1, 0.15) is 0 Å². The van der Waals surface area contributed by atoms with Gasteiger partial charge in [-0.15, -0.1) is 5.01 Å². The van der Waals surface area contributed by atoms with E-state index in [1.165, 1.54) is 18.4 Å². The lowest BCUT2D eigenvalue weighted by atomic mass is 10.2. The fraction of sp³-hybridized carbons (Fsp3) is 0.500. The molecule has 0 amide bonds. The molecule has 0 unspecified atom stereocenters. The van der Waals surface area contributed by atoms with Gasteiger partial charge in [0.1, 0.15) is 0 Å². The second kappa shape index (κ2) is 8.28. The summed E-state index contributed by atoms with van der Waals surface area (Å²) < 4.78 is 26.3. The summed E-state index contributed by atoms with van der Waals surface area (Å²) in [5.74, 6) is -0.453. The number of hydrogen-bond donors (Lipinski definition) is 0. The molecule has 1 aromatic carbocycles. The fourth-order valence-electron chi connectivity index (χ4n) is 2.28. The molecule has 28 heavy (non-hydrogen) atoms. The van der Waals surface area contributed by atoms with Gasteiger partial charge in [0.2, 0.25) is 11.0 Å². The highest BCUT2D eigenvalue weighted by atomic mass is 32.2. The van der Waals surface area contributed by atoms with Crippen LogP contribution in [0.25, 0.3) is 0 Å². The van der Waals surface area contributed by atoms with Crippen molar-refractivity contribution in [2.45, 2.75) is 0 Å². The zero-order chi connectivity index (χ0) is 21.1. The van der Waals surface area contributed by atoms with Crippen LogP contribution in [0.2, 0.25) is 0 Å². The molecule has 0 aliphatic carbocycles. The molecule has 16 heteroatoms. The first-order valence-corrected chi connectivity index (χ1v) is 9.14. The molecule has 0 bridgehead atoms. The molecule has 1 fully saturated rings. The van der Waals surface area contributed by atoms with Crippen molar-refractivity contribution in [2.75, 3.05) is 40.3 Å². The van der Waals surface area contributed by atoms with E-state index in [0.717, 1.165) is 21.4 Å². The van der Waals surface area contributed by atoms with E-state index in [9.17, 15) is 33.9 Å². The predicted octanol–water partition coefficient (Wildman–Crippen LogP) is 0.0983. The van der Waals surface area contributed by atoms with Crippen LogP contribution in [0, 0.1) is 25.4 Å². The summed E-state index contributed by atoms with van der Waals surface area (Å²) in [7, 11) is -0.822. The van der Waals surface area contributed by atoms with Crippen molar-refractivity contribution in [3.8, 4) is 5.75 Å². The number of hydrazine groups is 1. The van der Waals surface area contributed by atoms with Gasteiger partial charge in [-0.05, 0) is 6.07 Å². The number of benzene rings is 1. The zero-order valence-corrected chi connectivity index (χ0v) is 15.7. The minimum atomic E-state index is -3.60. The average Bonchev–Trinajstić information content (AvgIpc) is 2.65. The quantitative estimate of drug-likeness (QED) is 0.256. The number of nitrogens with zero attached hydrogens (tertiary/aromatic N) is 7. The Hall–Kier alpha value is -3.11. The molecule has 0 saturated carbocycles. The smallest absolute Gasteiger partial charge is 0.321 e. The topological polar surface area (TPSA) is 178 Å². The molecular formula is C12H17N7O8S. The van der Waals surface area contributed by atoms with Crippen LogP contribution < -0.4 is 4.84 Å². The Bertz CT molecular complexity index is 895. The molecule has 1 aromatic rings.